The molecule has 0 bridgehead atoms. The highest BCUT2D eigenvalue weighted by molar-refractivity contribution is 6.32. The van der Waals surface area contributed by atoms with Crippen molar-refractivity contribution < 1.29 is 9.59 Å². The minimum atomic E-state index is -0.198. The Morgan fingerprint density at radius 2 is 1.68 bits per heavy atom. The third-order valence-electron chi connectivity index (χ3n) is 3.99. The number of rotatable bonds is 1. The van der Waals surface area contributed by atoms with Gasteiger partial charge in [-0.3, -0.25) is 9.59 Å². The minimum Gasteiger partial charge on any atom is -0.274 e. The molecule has 0 spiro atoms. The molecule has 98 valence electrons. The smallest absolute Gasteiger partial charge is 0.238 e. The van der Waals surface area contributed by atoms with Gasteiger partial charge in [0, 0.05) is 5.02 Å². The number of carbonyl (C=O) groups is 2. The van der Waals surface area contributed by atoms with Gasteiger partial charge in [0.15, 0.2) is 0 Å². The number of fused-ring (bicyclic) bond motifs is 1. The molecular weight excluding hydrogens is 262 g/mol. The first-order valence-electron chi connectivity index (χ1n) is 6.39. The molecule has 0 N–H and O–H groups in total. The van der Waals surface area contributed by atoms with Gasteiger partial charge in [0.05, 0.1) is 17.5 Å². The fraction of sp³-hybridized carbons (Fsp3) is 0.333. The third kappa shape index (κ3) is 1.80. The van der Waals surface area contributed by atoms with Crippen molar-refractivity contribution in [2.45, 2.75) is 19.8 Å². The molecule has 1 aliphatic heterocycles. The monoisotopic (exact) mass is 275 g/mol. The van der Waals surface area contributed by atoms with Crippen LogP contribution in [0, 0.1) is 18.8 Å². The molecule has 19 heavy (non-hydrogen) atoms. The number of hydrogen-bond acceptors (Lipinski definition) is 2. The molecule has 0 saturated carbocycles. The zero-order chi connectivity index (χ0) is 13.6. The number of nitrogens with zero attached hydrogens (tertiary/aromatic N) is 1. The number of carbonyl (C=O) groups excluding carboxylic acids is 2. The predicted molar refractivity (Wildman–Crippen MR) is 74.0 cm³/mol. The summed E-state index contributed by atoms with van der Waals surface area (Å²) in [7, 11) is 0. The summed E-state index contributed by atoms with van der Waals surface area (Å²) in [4.78, 5) is 26.2. The lowest BCUT2D eigenvalue weighted by atomic mass is 9.85. The Labute approximate surface area is 116 Å². The average Bonchev–Trinajstić information content (AvgIpc) is 2.67. The summed E-state index contributed by atoms with van der Waals surface area (Å²) in [6, 6.07) is 5.31. The fourth-order valence-electron chi connectivity index (χ4n) is 2.88. The van der Waals surface area contributed by atoms with Crippen molar-refractivity contribution in [3.8, 4) is 0 Å². The Balaban J connectivity index is 2.04. The second-order valence-electron chi connectivity index (χ2n) is 5.05. The molecule has 1 heterocycles. The predicted octanol–water partition coefficient (Wildman–Crippen LogP) is 3.10. The summed E-state index contributed by atoms with van der Waals surface area (Å²) in [5.74, 6) is -0.582. The van der Waals surface area contributed by atoms with Crippen molar-refractivity contribution >= 4 is 29.1 Å². The van der Waals surface area contributed by atoms with Crippen LogP contribution in [-0.4, -0.2) is 11.8 Å². The van der Waals surface area contributed by atoms with Crippen LogP contribution in [0.5, 0.6) is 0 Å². The maximum Gasteiger partial charge on any atom is 0.238 e. The van der Waals surface area contributed by atoms with E-state index in [9.17, 15) is 9.59 Å². The maximum absolute atomic E-state index is 12.4. The van der Waals surface area contributed by atoms with Gasteiger partial charge < -0.3 is 0 Å². The maximum atomic E-state index is 12.4. The van der Waals surface area contributed by atoms with Crippen LogP contribution >= 0.6 is 11.6 Å². The molecule has 2 aliphatic rings. The molecule has 1 aromatic carbocycles. The Morgan fingerprint density at radius 1 is 1.11 bits per heavy atom. The molecular formula is C15H14ClNO2. The van der Waals surface area contributed by atoms with Gasteiger partial charge >= 0.3 is 0 Å². The molecule has 3 rings (SSSR count). The van der Waals surface area contributed by atoms with Crippen LogP contribution in [0.1, 0.15) is 18.4 Å². The van der Waals surface area contributed by atoms with Crippen molar-refractivity contribution in [2.75, 3.05) is 4.90 Å². The van der Waals surface area contributed by atoms with E-state index >= 15 is 0 Å². The number of imide groups is 1. The molecule has 1 fully saturated rings. The number of allylic oxidation sites excluding steroid dienone is 2. The van der Waals surface area contributed by atoms with E-state index in [0.29, 0.717) is 23.6 Å². The molecule has 0 aromatic heterocycles. The zero-order valence-corrected chi connectivity index (χ0v) is 11.4. The summed E-state index contributed by atoms with van der Waals surface area (Å²) in [6.45, 7) is 1.83. The van der Waals surface area contributed by atoms with E-state index in [2.05, 4.69) is 0 Å². The second kappa shape index (κ2) is 4.49. The van der Waals surface area contributed by atoms with Crippen LogP contribution in [0.3, 0.4) is 0 Å². The van der Waals surface area contributed by atoms with Gasteiger partial charge in [0.25, 0.3) is 0 Å². The second-order valence-corrected chi connectivity index (χ2v) is 5.46. The highest BCUT2D eigenvalue weighted by atomic mass is 35.5. The zero-order valence-electron chi connectivity index (χ0n) is 10.6. The fourth-order valence-corrected chi connectivity index (χ4v) is 3.05. The van der Waals surface area contributed by atoms with Gasteiger partial charge in [-0.15, -0.1) is 0 Å². The number of amides is 2. The van der Waals surface area contributed by atoms with E-state index in [1.54, 1.807) is 18.2 Å². The van der Waals surface area contributed by atoms with Gasteiger partial charge in [-0.25, -0.2) is 4.90 Å². The molecule has 3 nitrogen and oxygen atoms in total. The van der Waals surface area contributed by atoms with Crippen LogP contribution in [0.15, 0.2) is 30.4 Å². The Hall–Kier alpha value is -1.61. The topological polar surface area (TPSA) is 37.4 Å². The number of benzene rings is 1. The molecule has 1 saturated heterocycles. The van der Waals surface area contributed by atoms with Crippen molar-refractivity contribution in [3.05, 3.63) is 40.9 Å². The summed E-state index contributed by atoms with van der Waals surface area (Å²) < 4.78 is 0. The largest absolute Gasteiger partial charge is 0.274 e. The lowest BCUT2D eigenvalue weighted by Gasteiger charge is -2.17. The van der Waals surface area contributed by atoms with Crippen molar-refractivity contribution in [1.29, 1.82) is 0 Å². The molecule has 1 aliphatic carbocycles. The van der Waals surface area contributed by atoms with E-state index in [0.717, 1.165) is 5.56 Å². The van der Waals surface area contributed by atoms with Crippen LogP contribution in [-0.2, 0) is 9.59 Å². The lowest BCUT2D eigenvalue weighted by molar-refractivity contribution is -0.122. The summed E-state index contributed by atoms with van der Waals surface area (Å²) >= 11 is 6.08. The number of hydrogen-bond donors (Lipinski definition) is 0. The van der Waals surface area contributed by atoms with Gasteiger partial charge in [-0.2, -0.15) is 0 Å². The summed E-state index contributed by atoms with van der Waals surface area (Å²) in [6.07, 6.45) is 5.29. The van der Waals surface area contributed by atoms with E-state index in [1.807, 2.05) is 19.1 Å². The van der Waals surface area contributed by atoms with Crippen LogP contribution in [0.2, 0.25) is 5.02 Å². The van der Waals surface area contributed by atoms with E-state index < -0.39 is 0 Å². The van der Waals surface area contributed by atoms with Crippen molar-refractivity contribution in [2.24, 2.45) is 11.8 Å². The summed E-state index contributed by atoms with van der Waals surface area (Å²) in [5.41, 5.74) is 1.40. The Kier molecular flexibility index (Phi) is 2.94. The number of anilines is 1. The van der Waals surface area contributed by atoms with Gasteiger partial charge in [0.1, 0.15) is 0 Å². The SMILES string of the molecule is Cc1c(Cl)cccc1N1C(=O)[C@@H]2CC=CC[C@H]2C1=O. The molecule has 1 aromatic rings. The van der Waals surface area contributed by atoms with Crippen LogP contribution in [0.4, 0.5) is 5.69 Å². The Bertz CT molecular complexity index is 568. The summed E-state index contributed by atoms with van der Waals surface area (Å²) in [5, 5.41) is 0.575. The molecule has 2 atom stereocenters. The van der Waals surface area contributed by atoms with Crippen LogP contribution in [0.25, 0.3) is 0 Å². The lowest BCUT2D eigenvalue weighted by Crippen LogP contribution is -2.31. The van der Waals surface area contributed by atoms with E-state index in [4.69, 9.17) is 11.6 Å². The van der Waals surface area contributed by atoms with Gasteiger partial charge in [-0.1, -0.05) is 29.8 Å². The highest BCUT2D eigenvalue weighted by Gasteiger charge is 2.48. The van der Waals surface area contributed by atoms with Crippen molar-refractivity contribution in [3.63, 3.8) is 0 Å². The quantitative estimate of drug-likeness (QED) is 0.583. The number of halogens is 1. The average molecular weight is 276 g/mol. The highest BCUT2D eigenvalue weighted by Crippen LogP contribution is 2.39. The first-order valence-corrected chi connectivity index (χ1v) is 6.77. The van der Waals surface area contributed by atoms with Gasteiger partial charge in [-0.05, 0) is 37.5 Å². The third-order valence-corrected chi connectivity index (χ3v) is 4.40. The molecule has 0 unspecified atom stereocenters. The first-order chi connectivity index (χ1) is 9.11. The standard InChI is InChI=1S/C15H14ClNO2/c1-9-12(16)7-4-8-13(9)17-14(18)10-5-2-3-6-11(10)15(17)19/h2-4,7-8,10-11H,5-6H2,1H3/t10-,11-/m1/s1. The van der Waals surface area contributed by atoms with E-state index in [1.165, 1.54) is 4.90 Å². The molecule has 2 amide bonds. The normalized spacial score (nSPS) is 25.9. The van der Waals surface area contributed by atoms with Crippen LogP contribution < -0.4 is 4.90 Å². The Morgan fingerprint density at radius 3 is 2.26 bits per heavy atom. The van der Waals surface area contributed by atoms with Gasteiger partial charge in [0.2, 0.25) is 11.8 Å². The first kappa shape index (κ1) is 12.4. The molecule has 4 heteroatoms. The molecule has 0 radical (unpaired) electrons. The van der Waals surface area contributed by atoms with Crippen molar-refractivity contribution in [1.82, 2.24) is 0 Å². The van der Waals surface area contributed by atoms with E-state index in [-0.39, 0.29) is 23.7 Å². The minimum absolute atomic E-state index is 0.0929.